The molecule has 92 valence electrons. The number of amides is 1. The van der Waals surface area contributed by atoms with E-state index in [0.29, 0.717) is 17.9 Å². The Labute approximate surface area is 98.9 Å². The summed E-state index contributed by atoms with van der Waals surface area (Å²) < 4.78 is 4.79. The van der Waals surface area contributed by atoms with E-state index in [1.165, 1.54) is 19.2 Å². The topological polar surface area (TPSA) is 76.7 Å². The summed E-state index contributed by atoms with van der Waals surface area (Å²) in [5.41, 5.74) is 2.70. The molecule has 1 rings (SSSR count). The van der Waals surface area contributed by atoms with Gasteiger partial charge in [0, 0.05) is 19.2 Å². The van der Waals surface area contributed by atoms with E-state index in [1.807, 2.05) is 6.92 Å². The molecule has 0 unspecified atom stereocenters. The van der Waals surface area contributed by atoms with Crippen molar-refractivity contribution < 1.29 is 19.2 Å². The summed E-state index contributed by atoms with van der Waals surface area (Å²) in [7, 11) is 1.44. The molecule has 1 aromatic rings. The van der Waals surface area contributed by atoms with Crippen molar-refractivity contribution in [3.63, 3.8) is 0 Å². The molecule has 6 heteroatoms. The molecule has 0 atom stereocenters. The highest BCUT2D eigenvalue weighted by Gasteiger charge is 2.07. The fraction of sp³-hybridized carbons (Fsp3) is 0.273. The first-order valence-corrected chi connectivity index (χ1v) is 5.11. The van der Waals surface area contributed by atoms with Crippen molar-refractivity contribution >= 4 is 12.1 Å². The summed E-state index contributed by atoms with van der Waals surface area (Å²) in [6.45, 7) is 2.40. The fourth-order valence-corrected chi connectivity index (χ4v) is 1.14. The quantitative estimate of drug-likeness (QED) is 0.466. The van der Waals surface area contributed by atoms with Crippen molar-refractivity contribution in [1.29, 1.82) is 0 Å². The van der Waals surface area contributed by atoms with Crippen LogP contribution in [0.4, 0.5) is 4.79 Å². The van der Waals surface area contributed by atoms with E-state index in [9.17, 15) is 9.59 Å². The second-order valence-electron chi connectivity index (χ2n) is 3.04. The maximum absolute atomic E-state index is 11.4. The summed E-state index contributed by atoms with van der Waals surface area (Å²) in [6.07, 6.45) is -0.863. The van der Waals surface area contributed by atoms with E-state index in [0.717, 1.165) is 0 Å². The van der Waals surface area contributed by atoms with Gasteiger partial charge in [-0.3, -0.25) is 4.79 Å². The largest absolute Gasteiger partial charge is 0.533 e. The van der Waals surface area contributed by atoms with Gasteiger partial charge >= 0.3 is 6.16 Å². The van der Waals surface area contributed by atoms with E-state index in [1.54, 1.807) is 12.1 Å². The van der Waals surface area contributed by atoms with Gasteiger partial charge in [0.05, 0.1) is 0 Å². The third-order valence-electron chi connectivity index (χ3n) is 1.84. The zero-order valence-corrected chi connectivity index (χ0v) is 9.65. The number of rotatable bonds is 4. The van der Waals surface area contributed by atoms with Gasteiger partial charge in [-0.2, -0.15) is 5.48 Å². The van der Waals surface area contributed by atoms with Gasteiger partial charge in [-0.1, -0.05) is 0 Å². The molecule has 0 radical (unpaired) electrons. The lowest BCUT2D eigenvalue weighted by atomic mass is 10.2. The van der Waals surface area contributed by atoms with Crippen molar-refractivity contribution in [2.24, 2.45) is 0 Å². The average molecular weight is 238 g/mol. The molecule has 0 aliphatic carbocycles. The number of nitrogens with one attached hydrogen (secondary N) is 2. The molecule has 0 aromatic heterocycles. The Morgan fingerprint density at radius 3 is 2.41 bits per heavy atom. The van der Waals surface area contributed by atoms with Crippen LogP contribution in [0.3, 0.4) is 0 Å². The molecule has 0 saturated heterocycles. The van der Waals surface area contributed by atoms with Gasteiger partial charge < -0.3 is 14.9 Å². The van der Waals surface area contributed by atoms with Crippen molar-refractivity contribution in [2.45, 2.75) is 6.92 Å². The van der Waals surface area contributed by atoms with E-state index >= 15 is 0 Å². The minimum Gasteiger partial charge on any atom is -0.394 e. The molecule has 0 aliphatic heterocycles. The van der Waals surface area contributed by atoms with Crippen LogP contribution >= 0.6 is 0 Å². The number of hydroxylamine groups is 1. The molecule has 17 heavy (non-hydrogen) atoms. The van der Waals surface area contributed by atoms with Gasteiger partial charge in [-0.25, -0.2) is 4.79 Å². The molecule has 0 bridgehead atoms. The Hall–Kier alpha value is -2.08. The number of hydrogen-bond donors (Lipinski definition) is 2. The first-order chi connectivity index (χ1) is 8.17. The van der Waals surface area contributed by atoms with Crippen molar-refractivity contribution in [2.75, 3.05) is 13.6 Å². The number of carbonyl (C=O) groups is 2. The molecule has 6 nitrogen and oxygen atoms in total. The number of carbonyl (C=O) groups excluding carboxylic acids is 2. The van der Waals surface area contributed by atoms with Gasteiger partial charge in [0.25, 0.3) is 5.91 Å². The SMILES string of the molecule is CCNC(=O)c1ccc(OC(=O)ONC)cc1. The van der Waals surface area contributed by atoms with Gasteiger partial charge in [0.2, 0.25) is 0 Å². The summed E-state index contributed by atoms with van der Waals surface area (Å²) >= 11 is 0. The number of benzene rings is 1. The maximum Gasteiger partial charge on any atom is 0.533 e. The third-order valence-corrected chi connectivity index (χ3v) is 1.84. The normalized spacial score (nSPS) is 9.53. The maximum atomic E-state index is 11.4. The Bertz CT molecular complexity index is 389. The summed E-state index contributed by atoms with van der Waals surface area (Å²) in [6, 6.07) is 6.16. The molecule has 2 N–H and O–H groups in total. The molecular formula is C11H14N2O4. The van der Waals surface area contributed by atoms with Gasteiger partial charge in [-0.15, -0.1) is 0 Å². The first-order valence-electron chi connectivity index (χ1n) is 5.11. The van der Waals surface area contributed by atoms with E-state index in [-0.39, 0.29) is 5.91 Å². The van der Waals surface area contributed by atoms with E-state index in [4.69, 9.17) is 4.74 Å². The highest BCUT2D eigenvalue weighted by Crippen LogP contribution is 2.12. The zero-order valence-electron chi connectivity index (χ0n) is 9.65. The van der Waals surface area contributed by atoms with Crippen molar-refractivity contribution in [3.05, 3.63) is 29.8 Å². The monoisotopic (exact) mass is 238 g/mol. The number of ether oxygens (including phenoxy) is 1. The standard InChI is InChI=1S/C11H14N2O4/c1-3-13-10(14)8-4-6-9(7-5-8)16-11(15)17-12-2/h4-7,12H,3H2,1-2H3,(H,13,14). The second-order valence-corrected chi connectivity index (χ2v) is 3.04. The van der Waals surface area contributed by atoms with Crippen LogP contribution in [0.25, 0.3) is 0 Å². The smallest absolute Gasteiger partial charge is 0.394 e. The van der Waals surface area contributed by atoms with Gasteiger partial charge in [-0.05, 0) is 31.2 Å². The van der Waals surface area contributed by atoms with Crippen molar-refractivity contribution in [1.82, 2.24) is 10.8 Å². The third kappa shape index (κ3) is 4.12. The van der Waals surface area contributed by atoms with Crippen LogP contribution in [0.1, 0.15) is 17.3 Å². The highest BCUT2D eigenvalue weighted by molar-refractivity contribution is 5.94. The van der Waals surface area contributed by atoms with Gasteiger partial charge in [0.15, 0.2) is 0 Å². The lowest BCUT2D eigenvalue weighted by Crippen LogP contribution is -2.22. The minimum atomic E-state index is -0.863. The molecule has 0 spiro atoms. The highest BCUT2D eigenvalue weighted by atomic mass is 16.8. The molecule has 1 amide bonds. The average Bonchev–Trinajstić information content (AvgIpc) is 2.30. The predicted octanol–water partition coefficient (Wildman–Crippen LogP) is 1.09. The Balaban J connectivity index is 2.61. The second kappa shape index (κ2) is 6.49. The minimum absolute atomic E-state index is 0.170. The van der Waals surface area contributed by atoms with E-state index < -0.39 is 6.16 Å². The lowest BCUT2D eigenvalue weighted by molar-refractivity contribution is 0.0610. The zero-order chi connectivity index (χ0) is 12.7. The number of hydrogen-bond acceptors (Lipinski definition) is 5. The summed E-state index contributed by atoms with van der Waals surface area (Å²) in [5, 5.41) is 2.66. The molecule has 0 heterocycles. The van der Waals surface area contributed by atoms with Crippen LogP contribution in [-0.4, -0.2) is 25.7 Å². The van der Waals surface area contributed by atoms with Crippen LogP contribution in [0, 0.1) is 0 Å². The van der Waals surface area contributed by atoms with Crippen LogP contribution in [0.2, 0.25) is 0 Å². The van der Waals surface area contributed by atoms with E-state index in [2.05, 4.69) is 15.6 Å². The molecule has 0 aliphatic rings. The Morgan fingerprint density at radius 2 is 1.88 bits per heavy atom. The van der Waals surface area contributed by atoms with Crippen LogP contribution < -0.4 is 15.5 Å². The van der Waals surface area contributed by atoms with Crippen LogP contribution in [-0.2, 0) is 4.84 Å². The van der Waals surface area contributed by atoms with Crippen LogP contribution in [0.5, 0.6) is 5.75 Å². The fourth-order valence-electron chi connectivity index (χ4n) is 1.14. The first kappa shape index (κ1) is 13.0. The molecule has 1 aromatic carbocycles. The van der Waals surface area contributed by atoms with Crippen LogP contribution in [0.15, 0.2) is 24.3 Å². The van der Waals surface area contributed by atoms with Gasteiger partial charge in [0.1, 0.15) is 5.75 Å². The lowest BCUT2D eigenvalue weighted by Gasteiger charge is -2.05. The molecule has 0 saturated carbocycles. The Morgan fingerprint density at radius 1 is 1.24 bits per heavy atom. The molecular weight excluding hydrogens is 224 g/mol. The summed E-state index contributed by atoms with van der Waals surface area (Å²) in [4.78, 5) is 26.7. The van der Waals surface area contributed by atoms with Crippen molar-refractivity contribution in [3.8, 4) is 5.75 Å². The predicted molar refractivity (Wildman–Crippen MR) is 60.6 cm³/mol. The Kier molecular flexibility index (Phi) is 4.96. The molecule has 0 fully saturated rings. The summed E-state index contributed by atoms with van der Waals surface area (Å²) in [5.74, 6) is 0.134.